The molecule has 0 aliphatic carbocycles. The van der Waals surface area contributed by atoms with Gasteiger partial charge in [-0.2, -0.15) is 0 Å². The van der Waals surface area contributed by atoms with E-state index in [0.29, 0.717) is 6.61 Å². The number of hydrogen-bond donors (Lipinski definition) is 0. The van der Waals surface area contributed by atoms with Crippen molar-refractivity contribution in [1.29, 1.82) is 0 Å². The lowest BCUT2D eigenvalue weighted by molar-refractivity contribution is -0.146. The number of esters is 1. The second-order valence-electron chi connectivity index (χ2n) is 3.69. The molecule has 0 fully saturated rings. The van der Waals surface area contributed by atoms with Gasteiger partial charge in [-0.15, -0.1) is 0 Å². The summed E-state index contributed by atoms with van der Waals surface area (Å²) < 4.78 is 5.04. The molecule has 0 saturated carbocycles. The fraction of sp³-hybridized carbons (Fsp3) is 0.769. The third-order valence-corrected chi connectivity index (χ3v) is 2.31. The SMILES string of the molecule is CCC=CC(CCCCC)C(=O)OCC. The Bertz CT molecular complexity index is 185. The Morgan fingerprint density at radius 3 is 2.53 bits per heavy atom. The molecule has 1 atom stereocenters. The van der Waals surface area contributed by atoms with Crippen molar-refractivity contribution in [2.24, 2.45) is 5.92 Å². The maximum Gasteiger partial charge on any atom is 0.312 e. The van der Waals surface area contributed by atoms with Gasteiger partial charge in [0, 0.05) is 0 Å². The van der Waals surface area contributed by atoms with Gasteiger partial charge in [-0.3, -0.25) is 4.79 Å². The molecule has 0 aromatic rings. The minimum absolute atomic E-state index is 0.0311. The number of ether oxygens (including phenoxy) is 1. The van der Waals surface area contributed by atoms with Gasteiger partial charge >= 0.3 is 5.97 Å². The number of hydrogen-bond acceptors (Lipinski definition) is 2. The molecule has 0 rings (SSSR count). The normalized spacial score (nSPS) is 13.0. The standard InChI is InChI=1S/C13H24O2/c1-4-7-9-11-12(10-8-5-2)13(14)15-6-3/h8,10,12H,4-7,9,11H2,1-3H3. The highest BCUT2D eigenvalue weighted by molar-refractivity contribution is 5.74. The first kappa shape index (κ1) is 14.2. The molecule has 0 bridgehead atoms. The van der Waals surface area contributed by atoms with Crippen LogP contribution < -0.4 is 0 Å². The van der Waals surface area contributed by atoms with Gasteiger partial charge in [0.1, 0.15) is 0 Å². The third kappa shape index (κ3) is 7.18. The van der Waals surface area contributed by atoms with Crippen LogP contribution in [0.5, 0.6) is 0 Å². The second kappa shape index (κ2) is 9.75. The molecule has 0 aromatic heterocycles. The van der Waals surface area contributed by atoms with E-state index in [2.05, 4.69) is 13.8 Å². The Balaban J connectivity index is 4.05. The Morgan fingerprint density at radius 1 is 1.27 bits per heavy atom. The molecule has 0 aliphatic rings. The van der Waals surface area contributed by atoms with Crippen molar-refractivity contribution < 1.29 is 9.53 Å². The number of rotatable bonds is 8. The Morgan fingerprint density at radius 2 is 2.00 bits per heavy atom. The zero-order chi connectivity index (χ0) is 11.5. The minimum Gasteiger partial charge on any atom is -0.466 e. The predicted molar refractivity (Wildman–Crippen MR) is 63.7 cm³/mol. The van der Waals surface area contributed by atoms with E-state index in [1.54, 1.807) is 0 Å². The fourth-order valence-electron chi connectivity index (χ4n) is 1.46. The largest absolute Gasteiger partial charge is 0.466 e. The van der Waals surface area contributed by atoms with Gasteiger partial charge in [0.2, 0.25) is 0 Å². The van der Waals surface area contributed by atoms with Crippen LogP contribution >= 0.6 is 0 Å². The van der Waals surface area contributed by atoms with Gasteiger partial charge in [0.05, 0.1) is 12.5 Å². The van der Waals surface area contributed by atoms with Gasteiger partial charge in [0.15, 0.2) is 0 Å². The van der Waals surface area contributed by atoms with E-state index in [-0.39, 0.29) is 11.9 Å². The zero-order valence-electron chi connectivity index (χ0n) is 10.3. The van der Waals surface area contributed by atoms with Crippen LogP contribution in [0.2, 0.25) is 0 Å². The van der Waals surface area contributed by atoms with E-state index >= 15 is 0 Å². The van der Waals surface area contributed by atoms with E-state index < -0.39 is 0 Å². The molecular formula is C13H24O2. The summed E-state index contributed by atoms with van der Waals surface area (Å²) in [7, 11) is 0. The fourth-order valence-corrected chi connectivity index (χ4v) is 1.46. The lowest BCUT2D eigenvalue weighted by atomic mass is 10.0. The smallest absolute Gasteiger partial charge is 0.312 e. The van der Waals surface area contributed by atoms with E-state index in [1.165, 1.54) is 12.8 Å². The average Bonchev–Trinajstić information content (AvgIpc) is 2.23. The summed E-state index contributed by atoms with van der Waals surface area (Å²) in [5.74, 6) is -0.102. The zero-order valence-corrected chi connectivity index (χ0v) is 10.3. The van der Waals surface area contributed by atoms with E-state index in [1.807, 2.05) is 19.1 Å². The van der Waals surface area contributed by atoms with E-state index in [0.717, 1.165) is 19.3 Å². The highest BCUT2D eigenvalue weighted by atomic mass is 16.5. The van der Waals surface area contributed by atoms with Gasteiger partial charge in [-0.05, 0) is 19.8 Å². The summed E-state index contributed by atoms with van der Waals surface area (Å²) in [6, 6.07) is 0. The first-order valence-electron chi connectivity index (χ1n) is 6.09. The number of unbranched alkanes of at least 4 members (excludes halogenated alkanes) is 2. The molecule has 0 N–H and O–H groups in total. The van der Waals surface area contributed by atoms with Crippen molar-refractivity contribution in [2.45, 2.75) is 52.9 Å². The molecule has 0 spiro atoms. The monoisotopic (exact) mass is 212 g/mol. The molecule has 2 heteroatoms. The maximum absolute atomic E-state index is 11.6. The number of allylic oxidation sites excluding steroid dienone is 1. The van der Waals surface area contributed by atoms with Crippen LogP contribution in [-0.2, 0) is 9.53 Å². The molecule has 0 aromatic carbocycles. The summed E-state index contributed by atoms with van der Waals surface area (Å²) >= 11 is 0. The molecule has 88 valence electrons. The van der Waals surface area contributed by atoms with Crippen LogP contribution in [0.1, 0.15) is 52.9 Å². The first-order chi connectivity index (χ1) is 7.26. The maximum atomic E-state index is 11.6. The number of carbonyl (C=O) groups excluding carboxylic acids is 1. The van der Waals surface area contributed by atoms with Crippen LogP contribution in [0.4, 0.5) is 0 Å². The molecule has 1 unspecified atom stereocenters. The number of carbonyl (C=O) groups is 1. The lowest BCUT2D eigenvalue weighted by Gasteiger charge is -2.11. The topological polar surface area (TPSA) is 26.3 Å². The Hall–Kier alpha value is -0.790. The quantitative estimate of drug-likeness (QED) is 0.348. The second-order valence-corrected chi connectivity index (χ2v) is 3.69. The Kier molecular flexibility index (Phi) is 9.24. The summed E-state index contributed by atoms with van der Waals surface area (Å²) in [6.45, 7) is 6.57. The molecule has 15 heavy (non-hydrogen) atoms. The molecule has 0 radical (unpaired) electrons. The lowest BCUT2D eigenvalue weighted by Crippen LogP contribution is -2.15. The van der Waals surface area contributed by atoms with Crippen LogP contribution in [-0.4, -0.2) is 12.6 Å². The van der Waals surface area contributed by atoms with Crippen molar-refractivity contribution in [2.75, 3.05) is 6.61 Å². The summed E-state index contributed by atoms with van der Waals surface area (Å²) in [6.07, 6.45) is 9.42. The first-order valence-corrected chi connectivity index (χ1v) is 6.09. The van der Waals surface area contributed by atoms with E-state index in [9.17, 15) is 4.79 Å². The summed E-state index contributed by atoms with van der Waals surface area (Å²) in [5.41, 5.74) is 0. The van der Waals surface area contributed by atoms with Crippen molar-refractivity contribution in [3.63, 3.8) is 0 Å². The molecule has 0 amide bonds. The summed E-state index contributed by atoms with van der Waals surface area (Å²) in [5, 5.41) is 0. The van der Waals surface area contributed by atoms with Crippen LogP contribution in [0.3, 0.4) is 0 Å². The Labute approximate surface area is 93.7 Å². The van der Waals surface area contributed by atoms with Crippen LogP contribution in [0, 0.1) is 5.92 Å². The van der Waals surface area contributed by atoms with Crippen molar-refractivity contribution >= 4 is 5.97 Å². The molecule has 2 nitrogen and oxygen atoms in total. The van der Waals surface area contributed by atoms with Gasteiger partial charge in [-0.1, -0.05) is 45.3 Å². The van der Waals surface area contributed by atoms with Gasteiger partial charge in [0.25, 0.3) is 0 Å². The highest BCUT2D eigenvalue weighted by Crippen LogP contribution is 2.13. The summed E-state index contributed by atoms with van der Waals surface area (Å²) in [4.78, 5) is 11.6. The van der Waals surface area contributed by atoms with Crippen molar-refractivity contribution in [3.8, 4) is 0 Å². The average molecular weight is 212 g/mol. The molecule has 0 heterocycles. The van der Waals surface area contributed by atoms with Crippen LogP contribution in [0.15, 0.2) is 12.2 Å². The highest BCUT2D eigenvalue weighted by Gasteiger charge is 2.15. The molecule has 0 aliphatic heterocycles. The minimum atomic E-state index is -0.0710. The van der Waals surface area contributed by atoms with E-state index in [4.69, 9.17) is 4.74 Å². The third-order valence-electron chi connectivity index (χ3n) is 2.31. The van der Waals surface area contributed by atoms with Gasteiger partial charge < -0.3 is 4.74 Å². The van der Waals surface area contributed by atoms with Crippen molar-refractivity contribution in [1.82, 2.24) is 0 Å². The predicted octanol–water partition coefficient (Wildman–Crippen LogP) is 3.71. The molecule has 0 saturated heterocycles. The van der Waals surface area contributed by atoms with Crippen molar-refractivity contribution in [3.05, 3.63) is 12.2 Å². The molecular weight excluding hydrogens is 188 g/mol. The van der Waals surface area contributed by atoms with Crippen LogP contribution in [0.25, 0.3) is 0 Å². The van der Waals surface area contributed by atoms with Gasteiger partial charge in [-0.25, -0.2) is 0 Å².